The molecule has 1 N–H and O–H groups in total. The standard InChI is InChI=1S/C17H21NO/c1-12-7-8-14-11-15(9-10-16(14)18-12)17(19)13-5-3-2-4-6-13/h7-11,13,17,19H,2-6H2,1H3. The number of hydrogen-bond acceptors (Lipinski definition) is 2. The van der Waals surface area contributed by atoms with Crippen LogP contribution in [0.25, 0.3) is 10.9 Å². The lowest BCUT2D eigenvalue weighted by Gasteiger charge is -2.27. The molecule has 1 aromatic carbocycles. The Kier molecular flexibility index (Phi) is 3.52. The SMILES string of the molecule is Cc1ccc2cc(C(O)C3CCCCC3)ccc2n1. The molecule has 1 aromatic heterocycles. The van der Waals surface area contributed by atoms with Crippen LogP contribution in [-0.4, -0.2) is 10.1 Å². The van der Waals surface area contributed by atoms with E-state index in [0.29, 0.717) is 5.92 Å². The molecule has 2 heteroatoms. The molecular formula is C17H21NO. The molecule has 0 saturated heterocycles. The van der Waals surface area contributed by atoms with Crippen molar-refractivity contribution in [1.82, 2.24) is 4.98 Å². The maximum absolute atomic E-state index is 10.5. The summed E-state index contributed by atoms with van der Waals surface area (Å²) in [5, 5.41) is 11.7. The van der Waals surface area contributed by atoms with E-state index < -0.39 is 0 Å². The van der Waals surface area contributed by atoms with E-state index in [1.807, 2.05) is 25.1 Å². The third-order valence-electron chi connectivity index (χ3n) is 4.29. The van der Waals surface area contributed by atoms with Crippen molar-refractivity contribution in [3.8, 4) is 0 Å². The highest BCUT2D eigenvalue weighted by Crippen LogP contribution is 2.35. The Bertz CT molecular complexity index is 572. The molecule has 2 aromatic rings. The molecule has 0 spiro atoms. The first-order valence-corrected chi connectivity index (χ1v) is 7.29. The average molecular weight is 255 g/mol. The van der Waals surface area contributed by atoms with Crippen LogP contribution in [0.5, 0.6) is 0 Å². The highest BCUT2D eigenvalue weighted by Gasteiger charge is 2.23. The first-order valence-electron chi connectivity index (χ1n) is 7.29. The van der Waals surface area contributed by atoms with Crippen molar-refractivity contribution in [3.63, 3.8) is 0 Å². The Hall–Kier alpha value is -1.41. The fourth-order valence-electron chi connectivity index (χ4n) is 3.15. The largest absolute Gasteiger partial charge is 0.388 e. The lowest BCUT2D eigenvalue weighted by molar-refractivity contribution is 0.0849. The van der Waals surface area contributed by atoms with E-state index in [0.717, 1.165) is 35.0 Å². The summed E-state index contributed by atoms with van der Waals surface area (Å²) in [7, 11) is 0. The number of benzene rings is 1. The summed E-state index contributed by atoms with van der Waals surface area (Å²) < 4.78 is 0. The molecule has 1 fully saturated rings. The minimum absolute atomic E-state index is 0.314. The van der Waals surface area contributed by atoms with Gasteiger partial charge in [-0.15, -0.1) is 0 Å². The number of hydrogen-bond donors (Lipinski definition) is 1. The van der Waals surface area contributed by atoms with Gasteiger partial charge in [0.05, 0.1) is 11.6 Å². The Morgan fingerprint density at radius 1 is 1.11 bits per heavy atom. The molecule has 1 atom stereocenters. The molecule has 1 aliphatic carbocycles. The van der Waals surface area contributed by atoms with Gasteiger partial charge in [-0.25, -0.2) is 0 Å². The molecule has 3 rings (SSSR count). The van der Waals surface area contributed by atoms with Gasteiger partial charge in [-0.05, 0) is 49.4 Å². The number of pyridine rings is 1. The fourth-order valence-corrected chi connectivity index (χ4v) is 3.15. The second-order valence-corrected chi connectivity index (χ2v) is 5.75. The van der Waals surface area contributed by atoms with E-state index in [4.69, 9.17) is 0 Å². The van der Waals surface area contributed by atoms with Crippen molar-refractivity contribution < 1.29 is 5.11 Å². The number of fused-ring (bicyclic) bond motifs is 1. The number of aryl methyl sites for hydroxylation is 1. The number of aromatic nitrogens is 1. The summed E-state index contributed by atoms with van der Waals surface area (Å²) in [6.45, 7) is 2.00. The normalized spacial score (nSPS) is 18.6. The first-order chi connectivity index (χ1) is 9.24. The minimum Gasteiger partial charge on any atom is -0.388 e. The van der Waals surface area contributed by atoms with Crippen LogP contribution in [0.15, 0.2) is 30.3 Å². The predicted octanol–water partition coefficient (Wildman–Crippen LogP) is 4.16. The van der Waals surface area contributed by atoms with Crippen molar-refractivity contribution in [1.29, 1.82) is 0 Å². The van der Waals surface area contributed by atoms with Crippen LogP contribution in [0, 0.1) is 12.8 Å². The highest BCUT2D eigenvalue weighted by molar-refractivity contribution is 5.79. The van der Waals surface area contributed by atoms with Crippen LogP contribution < -0.4 is 0 Å². The highest BCUT2D eigenvalue weighted by atomic mass is 16.3. The topological polar surface area (TPSA) is 33.1 Å². The van der Waals surface area contributed by atoms with Crippen LogP contribution in [0.3, 0.4) is 0 Å². The maximum atomic E-state index is 10.5. The zero-order valence-corrected chi connectivity index (χ0v) is 11.5. The molecule has 1 aliphatic rings. The predicted molar refractivity (Wildman–Crippen MR) is 78.0 cm³/mol. The van der Waals surface area contributed by atoms with Gasteiger partial charge in [-0.2, -0.15) is 0 Å². The van der Waals surface area contributed by atoms with Gasteiger partial charge in [-0.1, -0.05) is 31.4 Å². The van der Waals surface area contributed by atoms with Crippen LogP contribution in [0.2, 0.25) is 0 Å². The summed E-state index contributed by atoms with van der Waals surface area (Å²) in [6.07, 6.45) is 5.85. The smallest absolute Gasteiger partial charge is 0.0818 e. The van der Waals surface area contributed by atoms with E-state index in [2.05, 4.69) is 17.1 Å². The Morgan fingerprint density at radius 2 is 1.89 bits per heavy atom. The number of aliphatic hydroxyl groups is 1. The van der Waals surface area contributed by atoms with E-state index in [9.17, 15) is 5.11 Å². The molecule has 2 nitrogen and oxygen atoms in total. The first kappa shape index (κ1) is 12.6. The number of nitrogens with zero attached hydrogens (tertiary/aromatic N) is 1. The average Bonchev–Trinajstić information content (AvgIpc) is 2.47. The van der Waals surface area contributed by atoms with E-state index in [1.54, 1.807) is 0 Å². The van der Waals surface area contributed by atoms with Crippen molar-refractivity contribution >= 4 is 10.9 Å². The maximum Gasteiger partial charge on any atom is 0.0818 e. The van der Waals surface area contributed by atoms with Gasteiger partial charge >= 0.3 is 0 Å². The molecule has 1 unspecified atom stereocenters. The lowest BCUT2D eigenvalue weighted by Crippen LogP contribution is -2.15. The second kappa shape index (κ2) is 5.30. The van der Waals surface area contributed by atoms with Gasteiger partial charge < -0.3 is 5.11 Å². The molecule has 0 bridgehead atoms. The van der Waals surface area contributed by atoms with Gasteiger partial charge in [0.25, 0.3) is 0 Å². The van der Waals surface area contributed by atoms with Gasteiger partial charge in [-0.3, -0.25) is 4.98 Å². The van der Waals surface area contributed by atoms with Crippen molar-refractivity contribution in [2.45, 2.75) is 45.1 Å². The summed E-state index contributed by atoms with van der Waals surface area (Å²) in [6, 6.07) is 10.3. The van der Waals surface area contributed by atoms with Crippen molar-refractivity contribution in [2.75, 3.05) is 0 Å². The Morgan fingerprint density at radius 3 is 2.68 bits per heavy atom. The Balaban J connectivity index is 1.89. The minimum atomic E-state index is -0.314. The quantitative estimate of drug-likeness (QED) is 0.874. The molecule has 1 heterocycles. The summed E-state index contributed by atoms with van der Waals surface area (Å²) >= 11 is 0. The second-order valence-electron chi connectivity index (χ2n) is 5.75. The van der Waals surface area contributed by atoms with Gasteiger partial charge in [0.15, 0.2) is 0 Å². The van der Waals surface area contributed by atoms with Gasteiger partial charge in [0.1, 0.15) is 0 Å². The third-order valence-corrected chi connectivity index (χ3v) is 4.29. The Labute approximate surface area is 114 Å². The molecule has 1 saturated carbocycles. The van der Waals surface area contributed by atoms with Gasteiger partial charge in [0.2, 0.25) is 0 Å². The van der Waals surface area contributed by atoms with E-state index >= 15 is 0 Å². The van der Waals surface area contributed by atoms with Crippen LogP contribution in [0.1, 0.15) is 49.5 Å². The van der Waals surface area contributed by atoms with Crippen LogP contribution >= 0.6 is 0 Å². The zero-order chi connectivity index (χ0) is 13.2. The van der Waals surface area contributed by atoms with Crippen molar-refractivity contribution in [3.05, 3.63) is 41.6 Å². The molecule has 0 radical (unpaired) electrons. The summed E-state index contributed by atoms with van der Waals surface area (Å²) in [5.74, 6) is 0.435. The molecule has 19 heavy (non-hydrogen) atoms. The van der Waals surface area contributed by atoms with E-state index in [-0.39, 0.29) is 6.10 Å². The molecular weight excluding hydrogens is 234 g/mol. The van der Waals surface area contributed by atoms with Gasteiger partial charge in [0, 0.05) is 11.1 Å². The van der Waals surface area contributed by atoms with Crippen molar-refractivity contribution in [2.24, 2.45) is 5.92 Å². The zero-order valence-electron chi connectivity index (χ0n) is 11.5. The fraction of sp³-hybridized carbons (Fsp3) is 0.471. The number of aliphatic hydroxyl groups excluding tert-OH is 1. The third kappa shape index (κ3) is 2.64. The lowest BCUT2D eigenvalue weighted by atomic mass is 9.82. The molecule has 0 aliphatic heterocycles. The number of rotatable bonds is 2. The van der Waals surface area contributed by atoms with Crippen LogP contribution in [0.4, 0.5) is 0 Å². The van der Waals surface area contributed by atoms with Crippen LogP contribution in [-0.2, 0) is 0 Å². The monoisotopic (exact) mass is 255 g/mol. The summed E-state index contributed by atoms with van der Waals surface area (Å²) in [5.41, 5.74) is 3.10. The molecule has 0 amide bonds. The molecule has 100 valence electrons. The van der Waals surface area contributed by atoms with E-state index in [1.165, 1.54) is 19.3 Å². The summed E-state index contributed by atoms with van der Waals surface area (Å²) in [4.78, 5) is 4.51.